The summed E-state index contributed by atoms with van der Waals surface area (Å²) in [6.07, 6.45) is 0.819. The fraction of sp³-hybridized carbons (Fsp3) is 0.100. The summed E-state index contributed by atoms with van der Waals surface area (Å²) in [4.78, 5) is 14.2. The molecular weight excluding hydrogens is 229 g/mol. The Morgan fingerprint density at radius 1 is 1.47 bits per heavy atom. The van der Waals surface area contributed by atoms with Gasteiger partial charge in [-0.2, -0.15) is 5.10 Å². The van der Waals surface area contributed by atoms with Crippen LogP contribution in [0.15, 0.2) is 30.9 Å². The number of aliphatic hydroxyl groups is 1. The van der Waals surface area contributed by atoms with E-state index in [9.17, 15) is 14.3 Å². The van der Waals surface area contributed by atoms with Crippen molar-refractivity contribution in [2.75, 3.05) is 0 Å². The monoisotopic (exact) mass is 237 g/mol. The van der Waals surface area contributed by atoms with Crippen LogP contribution in [-0.2, 0) is 4.79 Å². The molecule has 0 aliphatic heterocycles. The fourth-order valence-electron chi connectivity index (χ4n) is 1.35. The van der Waals surface area contributed by atoms with Gasteiger partial charge in [0.25, 0.3) is 0 Å². The number of carboxylic acid groups (broad SMARTS) is 1. The maximum Gasteiger partial charge on any atom is 0.337 e. The highest BCUT2D eigenvalue weighted by molar-refractivity contribution is 5.74. The molecule has 2 aromatic rings. The highest BCUT2D eigenvalue weighted by Crippen LogP contribution is 2.19. The number of hydrogen-bond acceptors (Lipinski definition) is 4. The van der Waals surface area contributed by atoms with E-state index in [1.807, 2.05) is 0 Å². The number of aromatic nitrogens is 3. The van der Waals surface area contributed by atoms with Gasteiger partial charge < -0.3 is 10.2 Å². The average molecular weight is 237 g/mol. The lowest BCUT2D eigenvalue weighted by molar-refractivity contribution is -0.146. The van der Waals surface area contributed by atoms with Gasteiger partial charge >= 0.3 is 5.97 Å². The predicted molar refractivity (Wildman–Crippen MR) is 53.9 cm³/mol. The molecular formula is C10H8FN3O3. The van der Waals surface area contributed by atoms with E-state index in [2.05, 4.69) is 10.1 Å². The number of halogens is 1. The van der Waals surface area contributed by atoms with Crippen LogP contribution in [0.4, 0.5) is 4.39 Å². The normalized spacial score (nSPS) is 12.4. The van der Waals surface area contributed by atoms with Gasteiger partial charge in [0, 0.05) is 0 Å². The first-order valence-corrected chi connectivity index (χ1v) is 4.65. The van der Waals surface area contributed by atoms with Crippen molar-refractivity contribution in [3.63, 3.8) is 0 Å². The topological polar surface area (TPSA) is 88.2 Å². The van der Waals surface area contributed by atoms with Gasteiger partial charge in [0.2, 0.25) is 0 Å². The highest BCUT2D eigenvalue weighted by atomic mass is 19.1. The van der Waals surface area contributed by atoms with Crippen molar-refractivity contribution in [2.24, 2.45) is 0 Å². The van der Waals surface area contributed by atoms with Crippen LogP contribution in [-0.4, -0.2) is 30.9 Å². The maximum atomic E-state index is 13.6. The molecule has 1 unspecified atom stereocenters. The number of nitrogens with zero attached hydrogens (tertiary/aromatic N) is 3. The Bertz CT molecular complexity index is 542. The lowest BCUT2D eigenvalue weighted by Gasteiger charge is -2.08. The summed E-state index contributed by atoms with van der Waals surface area (Å²) in [6, 6.07) is 3.60. The number of carbonyl (C=O) groups is 1. The number of carboxylic acids is 1. The fourth-order valence-corrected chi connectivity index (χ4v) is 1.35. The zero-order chi connectivity index (χ0) is 12.4. The second kappa shape index (κ2) is 4.30. The molecule has 0 aliphatic rings. The molecule has 0 saturated carbocycles. The minimum absolute atomic E-state index is 0.0288. The van der Waals surface area contributed by atoms with Crippen LogP contribution in [0.3, 0.4) is 0 Å². The van der Waals surface area contributed by atoms with E-state index in [4.69, 9.17) is 5.11 Å². The third-order valence-corrected chi connectivity index (χ3v) is 2.19. The number of aliphatic carboxylic acids is 1. The van der Waals surface area contributed by atoms with Crippen molar-refractivity contribution in [2.45, 2.75) is 6.10 Å². The number of rotatable bonds is 3. The third-order valence-electron chi connectivity index (χ3n) is 2.19. The molecule has 0 spiro atoms. The molecule has 88 valence electrons. The summed E-state index contributed by atoms with van der Waals surface area (Å²) in [6.45, 7) is 0. The zero-order valence-electron chi connectivity index (χ0n) is 8.49. The molecule has 2 N–H and O–H groups in total. The molecule has 6 nitrogen and oxygen atoms in total. The lowest BCUT2D eigenvalue weighted by atomic mass is 10.1. The van der Waals surface area contributed by atoms with Crippen LogP contribution in [0.25, 0.3) is 5.69 Å². The predicted octanol–water partition coefficient (Wildman–Crippen LogP) is 0.524. The Hall–Kier alpha value is -2.28. The Morgan fingerprint density at radius 2 is 2.24 bits per heavy atom. The van der Waals surface area contributed by atoms with E-state index in [0.717, 1.165) is 6.07 Å². The van der Waals surface area contributed by atoms with Gasteiger partial charge in [-0.3, -0.25) is 0 Å². The maximum absolute atomic E-state index is 13.6. The minimum Gasteiger partial charge on any atom is -0.479 e. The van der Waals surface area contributed by atoms with E-state index < -0.39 is 17.9 Å². The SMILES string of the molecule is O=C(O)C(O)c1ccc(-n2cncn2)c(F)c1. The molecule has 1 atom stereocenters. The molecule has 1 aromatic heterocycles. The van der Waals surface area contributed by atoms with Crippen molar-refractivity contribution in [1.82, 2.24) is 14.8 Å². The second-order valence-corrected chi connectivity index (χ2v) is 3.29. The number of hydrogen-bond donors (Lipinski definition) is 2. The van der Waals surface area contributed by atoms with Crippen LogP contribution in [0.1, 0.15) is 11.7 Å². The Balaban J connectivity index is 2.39. The first-order valence-electron chi connectivity index (χ1n) is 4.65. The Morgan fingerprint density at radius 3 is 2.76 bits per heavy atom. The number of aliphatic hydroxyl groups excluding tert-OH is 1. The van der Waals surface area contributed by atoms with Crippen molar-refractivity contribution >= 4 is 5.97 Å². The molecule has 0 saturated heterocycles. The standard InChI is InChI=1S/C10H8FN3O3/c11-7-3-6(9(15)10(16)17)1-2-8(7)14-5-12-4-13-14/h1-5,9,15H,(H,16,17). The summed E-state index contributed by atoms with van der Waals surface area (Å²) in [7, 11) is 0. The van der Waals surface area contributed by atoms with Crippen LogP contribution in [0.5, 0.6) is 0 Å². The van der Waals surface area contributed by atoms with E-state index >= 15 is 0 Å². The molecule has 0 radical (unpaired) electrons. The zero-order valence-corrected chi connectivity index (χ0v) is 8.49. The van der Waals surface area contributed by atoms with E-state index in [-0.39, 0.29) is 11.3 Å². The van der Waals surface area contributed by atoms with Gasteiger partial charge in [0.15, 0.2) is 6.10 Å². The van der Waals surface area contributed by atoms with Crippen LogP contribution >= 0.6 is 0 Å². The Labute approximate surface area is 95.0 Å². The summed E-state index contributed by atoms with van der Waals surface area (Å²) in [5.41, 5.74) is 0.0997. The third kappa shape index (κ3) is 2.13. The van der Waals surface area contributed by atoms with Crippen LogP contribution in [0.2, 0.25) is 0 Å². The van der Waals surface area contributed by atoms with Gasteiger partial charge in [0.1, 0.15) is 24.2 Å². The van der Waals surface area contributed by atoms with Crippen molar-refractivity contribution < 1.29 is 19.4 Å². The van der Waals surface area contributed by atoms with E-state index in [1.165, 1.54) is 29.5 Å². The van der Waals surface area contributed by atoms with Crippen molar-refractivity contribution in [1.29, 1.82) is 0 Å². The van der Waals surface area contributed by atoms with Gasteiger partial charge in [-0.1, -0.05) is 6.07 Å². The summed E-state index contributed by atoms with van der Waals surface area (Å²) < 4.78 is 14.8. The van der Waals surface area contributed by atoms with Gasteiger partial charge in [0.05, 0.1) is 0 Å². The molecule has 7 heteroatoms. The molecule has 17 heavy (non-hydrogen) atoms. The average Bonchev–Trinajstić information content (AvgIpc) is 2.81. The molecule has 0 bridgehead atoms. The Kier molecular flexibility index (Phi) is 2.84. The first kappa shape index (κ1) is 11.2. The van der Waals surface area contributed by atoms with Gasteiger partial charge in [-0.25, -0.2) is 18.9 Å². The van der Waals surface area contributed by atoms with Gasteiger partial charge in [-0.05, 0) is 17.7 Å². The highest BCUT2D eigenvalue weighted by Gasteiger charge is 2.17. The second-order valence-electron chi connectivity index (χ2n) is 3.29. The lowest BCUT2D eigenvalue weighted by Crippen LogP contribution is -2.11. The minimum atomic E-state index is -1.74. The molecule has 0 aliphatic carbocycles. The summed E-state index contributed by atoms with van der Waals surface area (Å²) in [5, 5.41) is 21.6. The first-order chi connectivity index (χ1) is 8.09. The van der Waals surface area contributed by atoms with Crippen molar-refractivity contribution in [3.8, 4) is 5.69 Å². The smallest absolute Gasteiger partial charge is 0.337 e. The molecule has 1 heterocycles. The van der Waals surface area contributed by atoms with Crippen LogP contribution < -0.4 is 0 Å². The largest absolute Gasteiger partial charge is 0.479 e. The molecule has 0 fully saturated rings. The van der Waals surface area contributed by atoms with Crippen molar-refractivity contribution in [3.05, 3.63) is 42.2 Å². The molecule has 2 rings (SSSR count). The van der Waals surface area contributed by atoms with Crippen LogP contribution in [0, 0.1) is 5.82 Å². The summed E-state index contributed by atoms with van der Waals surface area (Å²) >= 11 is 0. The quantitative estimate of drug-likeness (QED) is 0.812. The summed E-state index contributed by atoms with van der Waals surface area (Å²) in [5.74, 6) is -2.12. The number of benzene rings is 1. The van der Waals surface area contributed by atoms with Gasteiger partial charge in [-0.15, -0.1) is 0 Å². The molecule has 0 amide bonds. The van der Waals surface area contributed by atoms with E-state index in [1.54, 1.807) is 0 Å². The molecule has 1 aromatic carbocycles. The van der Waals surface area contributed by atoms with E-state index in [0.29, 0.717) is 0 Å².